The first kappa shape index (κ1) is 29.1. The zero-order valence-corrected chi connectivity index (χ0v) is 23.9. The molecule has 0 atom stereocenters. The number of anilines is 1. The lowest BCUT2D eigenvalue weighted by molar-refractivity contribution is -0.110. The van der Waals surface area contributed by atoms with Crippen molar-refractivity contribution >= 4 is 39.0 Å². The molecule has 3 rings (SSSR count). The molecule has 1 aromatic carbocycles. The molecule has 0 bridgehead atoms. The highest BCUT2D eigenvalue weighted by Crippen LogP contribution is 2.36. The number of carbonyl (C=O) groups excluding carboxylic acids is 2. The van der Waals surface area contributed by atoms with Gasteiger partial charge in [0.2, 0.25) is 0 Å². The molecule has 3 N–H and O–H groups in total. The molecule has 0 saturated heterocycles. The Labute approximate surface area is 225 Å². The number of aromatic nitrogens is 1. The molecule has 1 aliphatic rings. The van der Waals surface area contributed by atoms with Gasteiger partial charge in [-0.15, -0.1) is 0 Å². The van der Waals surface area contributed by atoms with Gasteiger partial charge in [0.15, 0.2) is 9.84 Å². The fourth-order valence-corrected chi connectivity index (χ4v) is 5.99. The van der Waals surface area contributed by atoms with Crippen LogP contribution in [0.4, 0.5) is 5.69 Å². The van der Waals surface area contributed by atoms with Crippen LogP contribution in [0.25, 0.3) is 11.6 Å². The first-order valence-electron chi connectivity index (χ1n) is 12.9. The van der Waals surface area contributed by atoms with Crippen molar-refractivity contribution in [2.24, 2.45) is 0 Å². The van der Waals surface area contributed by atoms with Crippen molar-refractivity contribution in [1.29, 1.82) is 0 Å². The summed E-state index contributed by atoms with van der Waals surface area (Å²) in [5, 5.41) is 5.80. The summed E-state index contributed by atoms with van der Waals surface area (Å²) in [6.07, 6.45) is 7.10. The minimum atomic E-state index is -3.60. The summed E-state index contributed by atoms with van der Waals surface area (Å²) in [4.78, 5) is 31.4. The third-order valence-electron chi connectivity index (χ3n) is 6.72. The number of aryl methyl sites for hydroxylation is 1. The second kappa shape index (κ2) is 12.4. The van der Waals surface area contributed by atoms with Crippen LogP contribution in [0, 0.1) is 13.8 Å². The van der Waals surface area contributed by atoms with Gasteiger partial charge >= 0.3 is 0 Å². The van der Waals surface area contributed by atoms with E-state index in [1.165, 1.54) is 6.07 Å². The summed E-state index contributed by atoms with van der Waals surface area (Å²) in [5.74, 6) is -0.604. The molecule has 38 heavy (non-hydrogen) atoms. The number of H-pyrrole nitrogens is 1. The molecule has 0 fully saturated rings. The molecule has 204 valence electrons. The lowest BCUT2D eigenvalue weighted by Crippen LogP contribution is -2.35. The monoisotopic (exact) mass is 538 g/mol. The predicted molar refractivity (Wildman–Crippen MR) is 154 cm³/mol. The van der Waals surface area contributed by atoms with Crippen molar-refractivity contribution < 1.29 is 18.0 Å². The molecular formula is C29H38N4O4S. The summed E-state index contributed by atoms with van der Waals surface area (Å²) in [6.45, 7) is 14.6. The number of carbonyl (C=O) groups is 2. The summed E-state index contributed by atoms with van der Waals surface area (Å²) >= 11 is 0. The molecule has 1 aromatic heterocycles. The lowest BCUT2D eigenvalue weighted by Gasteiger charge is -2.18. The van der Waals surface area contributed by atoms with E-state index in [0.717, 1.165) is 25.2 Å². The van der Waals surface area contributed by atoms with Gasteiger partial charge in [0.25, 0.3) is 11.8 Å². The zero-order chi connectivity index (χ0) is 28.0. The van der Waals surface area contributed by atoms with Crippen LogP contribution in [0.3, 0.4) is 0 Å². The molecular weight excluding hydrogens is 500 g/mol. The van der Waals surface area contributed by atoms with Crippen molar-refractivity contribution in [1.82, 2.24) is 15.2 Å². The maximum Gasteiger partial charge on any atom is 0.256 e. The van der Waals surface area contributed by atoms with Crippen molar-refractivity contribution in [3.63, 3.8) is 0 Å². The smallest absolute Gasteiger partial charge is 0.256 e. The average molecular weight is 539 g/mol. The number of nitrogens with one attached hydrogen (secondary N) is 3. The first-order valence-corrected chi connectivity index (χ1v) is 14.6. The maximum absolute atomic E-state index is 13.1. The number of hydrogen-bond donors (Lipinski definition) is 3. The molecule has 0 saturated carbocycles. The number of fused-ring (bicyclic) bond motifs is 1. The van der Waals surface area contributed by atoms with Gasteiger partial charge in [0.05, 0.1) is 21.8 Å². The highest BCUT2D eigenvalue weighted by molar-refractivity contribution is 7.91. The number of sulfone groups is 1. The van der Waals surface area contributed by atoms with Gasteiger partial charge in [-0.25, -0.2) is 8.42 Å². The molecule has 0 unspecified atom stereocenters. The minimum absolute atomic E-state index is 0.113. The van der Waals surface area contributed by atoms with Crippen LogP contribution in [0.2, 0.25) is 0 Å². The van der Waals surface area contributed by atoms with Gasteiger partial charge in [-0.2, -0.15) is 0 Å². The topological polar surface area (TPSA) is 111 Å². The Kier molecular flexibility index (Phi) is 9.51. The Balaban J connectivity index is 1.90. The van der Waals surface area contributed by atoms with Gasteiger partial charge in [0, 0.05) is 35.7 Å². The van der Waals surface area contributed by atoms with Crippen molar-refractivity contribution in [2.45, 2.75) is 46.4 Å². The minimum Gasteiger partial charge on any atom is -0.358 e. The van der Waals surface area contributed by atoms with Gasteiger partial charge in [-0.1, -0.05) is 37.6 Å². The standard InChI is InChI=1S/C29H38N4O4S/c1-7-10-11-19(4)18-38(36,37)22-12-13-25-23(16-22)24(28(34)32-25)17-26-20(5)27(21(6)31-26)29(35)30-14-15-33(8-2)9-3/h7,10-13,16-17,31H,8-9,14-15,18H2,1-6H3,(H,30,35)(H,32,34)/b10-7-,19-11+,24-17-. The van der Waals surface area contributed by atoms with Crippen LogP contribution < -0.4 is 10.6 Å². The lowest BCUT2D eigenvalue weighted by atomic mass is 10.0. The summed E-state index contributed by atoms with van der Waals surface area (Å²) < 4.78 is 26.1. The van der Waals surface area contributed by atoms with Crippen LogP contribution in [0.5, 0.6) is 0 Å². The third kappa shape index (κ3) is 6.52. The van der Waals surface area contributed by atoms with E-state index in [2.05, 4.69) is 34.4 Å². The molecule has 0 spiro atoms. The summed E-state index contributed by atoms with van der Waals surface area (Å²) in [5.41, 5.74) is 4.74. The molecule has 2 amide bonds. The normalized spacial score (nSPS) is 15.0. The number of likely N-dealkylation sites (N-methyl/N-ethyl adjacent to an activating group) is 1. The summed E-state index contributed by atoms with van der Waals surface area (Å²) in [6, 6.07) is 4.68. The zero-order valence-electron chi connectivity index (χ0n) is 23.1. The molecule has 0 aliphatic carbocycles. The Morgan fingerprint density at radius 3 is 2.53 bits per heavy atom. The first-order chi connectivity index (χ1) is 18.0. The van der Waals surface area contributed by atoms with Crippen LogP contribution >= 0.6 is 0 Å². The molecule has 9 heteroatoms. The molecule has 0 radical (unpaired) electrons. The van der Waals surface area contributed by atoms with E-state index in [4.69, 9.17) is 0 Å². The number of rotatable bonds is 11. The summed E-state index contributed by atoms with van der Waals surface area (Å²) in [7, 11) is -3.60. The maximum atomic E-state index is 13.1. The van der Waals surface area contributed by atoms with Crippen LogP contribution in [-0.2, 0) is 14.6 Å². The van der Waals surface area contributed by atoms with Crippen LogP contribution in [0.15, 0.2) is 46.9 Å². The number of nitrogens with zero attached hydrogens (tertiary/aromatic N) is 1. The SMILES string of the molecule is C/C=C\C=C(/C)CS(=O)(=O)c1ccc2c(c1)/C(=C/c1[nH]c(C)c(C(=O)NCCN(CC)CC)c1C)C(=O)N2. The molecule has 2 aromatic rings. The third-order valence-corrected chi connectivity index (χ3v) is 8.53. The Morgan fingerprint density at radius 1 is 1.16 bits per heavy atom. The van der Waals surface area contributed by atoms with E-state index in [9.17, 15) is 18.0 Å². The molecule has 2 heterocycles. The van der Waals surface area contributed by atoms with E-state index in [1.807, 2.05) is 26.8 Å². The van der Waals surface area contributed by atoms with Crippen LogP contribution in [0.1, 0.15) is 60.6 Å². The number of hydrogen-bond acceptors (Lipinski definition) is 5. The Bertz CT molecular complexity index is 1410. The van der Waals surface area contributed by atoms with E-state index < -0.39 is 9.84 Å². The quantitative estimate of drug-likeness (QED) is 0.288. The van der Waals surface area contributed by atoms with Crippen molar-refractivity contribution in [3.05, 3.63) is 70.1 Å². The van der Waals surface area contributed by atoms with E-state index in [-0.39, 0.29) is 22.5 Å². The van der Waals surface area contributed by atoms with Gasteiger partial charge in [0.1, 0.15) is 0 Å². The fourth-order valence-electron chi connectivity index (χ4n) is 4.55. The second-order valence-electron chi connectivity index (χ2n) is 9.46. The van der Waals surface area contributed by atoms with Gasteiger partial charge in [-0.3, -0.25) is 9.59 Å². The highest BCUT2D eigenvalue weighted by Gasteiger charge is 2.28. The number of aromatic amines is 1. The second-order valence-corrected chi connectivity index (χ2v) is 11.5. The number of benzene rings is 1. The van der Waals surface area contributed by atoms with E-state index in [1.54, 1.807) is 37.3 Å². The van der Waals surface area contributed by atoms with Crippen LogP contribution in [-0.4, -0.2) is 62.0 Å². The van der Waals surface area contributed by atoms with E-state index in [0.29, 0.717) is 45.9 Å². The van der Waals surface area contributed by atoms with Crippen molar-refractivity contribution in [2.75, 3.05) is 37.2 Å². The number of allylic oxidation sites excluding steroid dienone is 3. The van der Waals surface area contributed by atoms with Gasteiger partial charge < -0.3 is 20.5 Å². The molecule has 8 nitrogen and oxygen atoms in total. The average Bonchev–Trinajstić information content (AvgIpc) is 3.34. The van der Waals surface area contributed by atoms with Crippen molar-refractivity contribution in [3.8, 4) is 0 Å². The Hall–Kier alpha value is -3.43. The van der Waals surface area contributed by atoms with Gasteiger partial charge in [-0.05, 0) is 70.6 Å². The fraction of sp³-hybridized carbons (Fsp3) is 0.379. The highest BCUT2D eigenvalue weighted by atomic mass is 32.2. The predicted octanol–water partition coefficient (Wildman–Crippen LogP) is 4.49. The molecule has 1 aliphatic heterocycles. The Morgan fingerprint density at radius 2 is 1.87 bits per heavy atom. The van der Waals surface area contributed by atoms with E-state index >= 15 is 0 Å². The largest absolute Gasteiger partial charge is 0.358 e. The number of amides is 2.